The molecule has 0 aliphatic heterocycles. The maximum atomic E-state index is 12.9. The molecule has 0 aromatic rings. The first-order valence-electron chi connectivity index (χ1n) is 33.1. The molecule has 0 saturated heterocycles. The van der Waals surface area contributed by atoms with Crippen molar-refractivity contribution in [1.82, 2.24) is 0 Å². The molecule has 0 spiro atoms. The third-order valence-corrected chi connectivity index (χ3v) is 14.8. The fourth-order valence-corrected chi connectivity index (χ4v) is 9.91. The molecular weight excluding hydrogens is 925 g/mol. The van der Waals surface area contributed by atoms with Crippen LogP contribution in [-0.4, -0.2) is 37.2 Å². The van der Waals surface area contributed by atoms with Gasteiger partial charge in [-0.3, -0.25) is 14.4 Å². The van der Waals surface area contributed by atoms with Crippen molar-refractivity contribution in [2.45, 2.75) is 361 Å². The lowest BCUT2D eigenvalue weighted by Crippen LogP contribution is -2.30. The van der Waals surface area contributed by atoms with E-state index in [1.165, 1.54) is 218 Å². The maximum Gasteiger partial charge on any atom is 0.306 e. The van der Waals surface area contributed by atoms with Gasteiger partial charge in [0.2, 0.25) is 0 Å². The third-order valence-electron chi connectivity index (χ3n) is 14.8. The van der Waals surface area contributed by atoms with Gasteiger partial charge in [-0.25, -0.2) is 0 Å². The van der Waals surface area contributed by atoms with Gasteiger partial charge in [0.15, 0.2) is 6.10 Å². The second kappa shape index (κ2) is 63.9. The van der Waals surface area contributed by atoms with Crippen molar-refractivity contribution < 1.29 is 28.6 Å². The molecule has 0 radical (unpaired) electrons. The lowest BCUT2D eigenvalue weighted by molar-refractivity contribution is -0.167. The average Bonchev–Trinajstić information content (AvgIpc) is 3.41. The molecule has 0 bridgehead atoms. The monoisotopic (exact) mass is 1050 g/mol. The molecule has 6 nitrogen and oxygen atoms in total. The van der Waals surface area contributed by atoms with Gasteiger partial charge in [-0.1, -0.05) is 326 Å². The normalized spacial score (nSPS) is 12.3. The van der Waals surface area contributed by atoms with Crippen molar-refractivity contribution in [3.05, 3.63) is 48.6 Å². The topological polar surface area (TPSA) is 78.9 Å². The quantitative estimate of drug-likeness (QED) is 0.0261. The van der Waals surface area contributed by atoms with Crippen LogP contribution in [0.1, 0.15) is 355 Å². The van der Waals surface area contributed by atoms with E-state index in [-0.39, 0.29) is 31.1 Å². The number of unbranched alkanes of at least 4 members (excludes halogenated alkanes) is 42. The molecule has 0 N–H and O–H groups in total. The van der Waals surface area contributed by atoms with Crippen LogP contribution in [0.15, 0.2) is 48.6 Å². The Morgan fingerprint density at radius 1 is 0.280 bits per heavy atom. The van der Waals surface area contributed by atoms with Gasteiger partial charge in [0.25, 0.3) is 0 Å². The molecule has 0 heterocycles. The number of allylic oxidation sites excluding steroid dienone is 8. The largest absolute Gasteiger partial charge is 0.462 e. The molecule has 0 rings (SSSR count). The van der Waals surface area contributed by atoms with E-state index in [1.54, 1.807) is 0 Å². The maximum absolute atomic E-state index is 12.9. The first kappa shape index (κ1) is 72.4. The van der Waals surface area contributed by atoms with Crippen LogP contribution in [0.5, 0.6) is 0 Å². The van der Waals surface area contributed by atoms with Crippen LogP contribution in [0.25, 0.3) is 0 Å². The van der Waals surface area contributed by atoms with Crippen molar-refractivity contribution in [3.63, 3.8) is 0 Å². The summed E-state index contributed by atoms with van der Waals surface area (Å²) in [6.45, 7) is 6.57. The Labute approximate surface area is 467 Å². The molecule has 0 aromatic carbocycles. The predicted octanol–water partition coefficient (Wildman–Crippen LogP) is 22.6. The van der Waals surface area contributed by atoms with Crippen LogP contribution in [0, 0.1) is 0 Å². The molecule has 1 atom stereocenters. The van der Waals surface area contributed by atoms with Gasteiger partial charge in [0.1, 0.15) is 13.2 Å². The second-order valence-corrected chi connectivity index (χ2v) is 22.4. The highest BCUT2D eigenvalue weighted by atomic mass is 16.6. The third kappa shape index (κ3) is 62.1. The highest BCUT2D eigenvalue weighted by molar-refractivity contribution is 5.71. The Morgan fingerprint density at radius 2 is 0.520 bits per heavy atom. The van der Waals surface area contributed by atoms with E-state index in [2.05, 4.69) is 69.4 Å². The van der Waals surface area contributed by atoms with E-state index in [9.17, 15) is 14.4 Å². The summed E-state index contributed by atoms with van der Waals surface area (Å²) in [5.41, 5.74) is 0. The molecule has 0 amide bonds. The van der Waals surface area contributed by atoms with Gasteiger partial charge in [0.05, 0.1) is 0 Å². The van der Waals surface area contributed by atoms with Crippen LogP contribution in [-0.2, 0) is 28.6 Å². The minimum atomic E-state index is -0.783. The molecule has 0 aromatic heterocycles. The summed E-state index contributed by atoms with van der Waals surface area (Å²) in [7, 11) is 0. The zero-order valence-corrected chi connectivity index (χ0v) is 50.3. The van der Waals surface area contributed by atoms with Crippen LogP contribution in [0.3, 0.4) is 0 Å². The first-order valence-corrected chi connectivity index (χ1v) is 33.1. The van der Waals surface area contributed by atoms with E-state index in [1.807, 2.05) is 0 Å². The Hall–Kier alpha value is -2.63. The smallest absolute Gasteiger partial charge is 0.306 e. The van der Waals surface area contributed by atoms with Gasteiger partial charge < -0.3 is 14.2 Å². The summed E-state index contributed by atoms with van der Waals surface area (Å²) in [5.74, 6) is -0.879. The number of rotatable bonds is 61. The lowest BCUT2D eigenvalue weighted by atomic mass is 10.0. The Balaban J connectivity index is 4.25. The Bertz CT molecular complexity index is 1300. The predicted molar refractivity (Wildman–Crippen MR) is 325 cm³/mol. The van der Waals surface area contributed by atoms with E-state index >= 15 is 0 Å². The van der Waals surface area contributed by atoms with E-state index in [0.29, 0.717) is 19.3 Å². The van der Waals surface area contributed by atoms with E-state index < -0.39 is 6.10 Å². The van der Waals surface area contributed by atoms with E-state index in [4.69, 9.17) is 14.2 Å². The fraction of sp³-hybridized carbons (Fsp3) is 0.841. The number of carbonyl (C=O) groups excluding carboxylic acids is 3. The summed E-state index contributed by atoms with van der Waals surface area (Å²) in [6.07, 6.45) is 79.9. The molecule has 1 unspecified atom stereocenters. The van der Waals surface area contributed by atoms with Crippen LogP contribution in [0.4, 0.5) is 0 Å². The van der Waals surface area contributed by atoms with Gasteiger partial charge in [0, 0.05) is 19.3 Å². The summed E-state index contributed by atoms with van der Waals surface area (Å²) < 4.78 is 16.9. The minimum Gasteiger partial charge on any atom is -0.462 e. The van der Waals surface area contributed by atoms with Gasteiger partial charge in [-0.05, 0) is 57.8 Å². The summed E-state index contributed by atoms with van der Waals surface area (Å²) in [4.78, 5) is 38.3. The Kier molecular flexibility index (Phi) is 61.7. The first-order chi connectivity index (χ1) is 37.0. The zero-order valence-electron chi connectivity index (χ0n) is 50.3. The van der Waals surface area contributed by atoms with E-state index in [0.717, 1.165) is 96.3 Å². The number of esters is 3. The Morgan fingerprint density at radius 3 is 0.813 bits per heavy atom. The van der Waals surface area contributed by atoms with Crippen LogP contribution >= 0.6 is 0 Å². The van der Waals surface area contributed by atoms with Crippen molar-refractivity contribution in [1.29, 1.82) is 0 Å². The number of ether oxygens (including phenoxy) is 3. The second-order valence-electron chi connectivity index (χ2n) is 22.4. The fourth-order valence-electron chi connectivity index (χ4n) is 9.91. The molecule has 0 fully saturated rings. The van der Waals surface area contributed by atoms with Crippen molar-refractivity contribution in [3.8, 4) is 0 Å². The van der Waals surface area contributed by atoms with Gasteiger partial charge in [-0.15, -0.1) is 0 Å². The molecule has 0 saturated carbocycles. The highest BCUT2D eigenvalue weighted by Gasteiger charge is 2.19. The number of hydrogen-bond donors (Lipinski definition) is 0. The standard InChI is InChI=1S/C69H126O6/c1-4-7-10-13-16-19-22-25-28-30-31-32-33-34-35-36-37-38-40-41-44-47-50-53-56-59-62-68(71)74-65-66(64-73-67(70)61-58-55-52-49-46-43-27-24-21-18-15-12-9-6-3)75-69(72)63-60-57-54-51-48-45-42-39-29-26-23-20-17-14-11-8-5-2/h8,11,17,20,26,29,42,45,66H,4-7,9-10,12-16,18-19,21-25,27-28,30-41,43-44,46-65H2,1-3H3/b11-8-,20-17-,29-26-,45-42-. The molecule has 6 heteroatoms. The summed E-state index contributed by atoms with van der Waals surface area (Å²) >= 11 is 0. The van der Waals surface area contributed by atoms with Crippen LogP contribution in [0.2, 0.25) is 0 Å². The molecule has 438 valence electrons. The van der Waals surface area contributed by atoms with Crippen molar-refractivity contribution >= 4 is 17.9 Å². The summed E-state index contributed by atoms with van der Waals surface area (Å²) in [5, 5.41) is 0. The zero-order chi connectivity index (χ0) is 54.3. The van der Waals surface area contributed by atoms with Crippen molar-refractivity contribution in [2.24, 2.45) is 0 Å². The van der Waals surface area contributed by atoms with Gasteiger partial charge >= 0.3 is 17.9 Å². The summed E-state index contributed by atoms with van der Waals surface area (Å²) in [6, 6.07) is 0. The number of hydrogen-bond acceptors (Lipinski definition) is 6. The van der Waals surface area contributed by atoms with Gasteiger partial charge in [-0.2, -0.15) is 0 Å². The SMILES string of the molecule is CC/C=C\C/C=C\C/C=C\C/C=C\CCCCCCC(=O)OC(COC(=O)CCCCCCCCCCCCCCCC)COC(=O)CCCCCCCCCCCCCCCCCCCCCCCCCCCC. The average molecular weight is 1050 g/mol. The molecular formula is C69H126O6. The highest BCUT2D eigenvalue weighted by Crippen LogP contribution is 2.18. The minimum absolute atomic E-state index is 0.0783. The molecule has 0 aliphatic carbocycles. The van der Waals surface area contributed by atoms with Crippen molar-refractivity contribution in [2.75, 3.05) is 13.2 Å². The number of carbonyl (C=O) groups is 3. The lowest BCUT2D eigenvalue weighted by Gasteiger charge is -2.18. The molecule has 75 heavy (non-hydrogen) atoms. The van der Waals surface area contributed by atoms with Crippen LogP contribution < -0.4 is 0 Å². The molecule has 0 aliphatic rings.